The van der Waals surface area contributed by atoms with Gasteiger partial charge in [-0.25, -0.2) is 0 Å². The fourth-order valence-corrected chi connectivity index (χ4v) is 1.85. The second-order valence-electron chi connectivity index (χ2n) is 4.11. The highest BCUT2D eigenvalue weighted by Gasteiger charge is 2.25. The largest absolute Gasteiger partial charge is 0.345 e. The van der Waals surface area contributed by atoms with Crippen LogP contribution in [-0.2, 0) is 9.59 Å². The zero-order valence-electron chi connectivity index (χ0n) is 9.51. The van der Waals surface area contributed by atoms with Gasteiger partial charge in [0.15, 0.2) is 5.78 Å². The van der Waals surface area contributed by atoms with E-state index in [0.717, 1.165) is 32.2 Å². The standard InChI is InChI=1S/C11H20N2O2/c1-3-5-9(8(2)14)13-11(15)10-6-4-7-12-10/h9-10,12H,3-7H2,1-2H3,(H,13,15). The first-order valence-electron chi connectivity index (χ1n) is 5.69. The van der Waals surface area contributed by atoms with Crippen molar-refractivity contribution >= 4 is 11.7 Å². The Kier molecular flexibility index (Phi) is 4.75. The van der Waals surface area contributed by atoms with Crippen LogP contribution in [0.4, 0.5) is 0 Å². The van der Waals surface area contributed by atoms with Gasteiger partial charge >= 0.3 is 0 Å². The van der Waals surface area contributed by atoms with Crippen LogP contribution < -0.4 is 10.6 Å². The van der Waals surface area contributed by atoms with Crippen LogP contribution in [0.5, 0.6) is 0 Å². The van der Waals surface area contributed by atoms with Crippen molar-refractivity contribution in [3.8, 4) is 0 Å². The summed E-state index contributed by atoms with van der Waals surface area (Å²) in [5, 5.41) is 5.93. The topological polar surface area (TPSA) is 58.2 Å². The summed E-state index contributed by atoms with van der Waals surface area (Å²) in [7, 11) is 0. The van der Waals surface area contributed by atoms with E-state index >= 15 is 0 Å². The molecule has 2 unspecified atom stereocenters. The van der Waals surface area contributed by atoms with Crippen LogP contribution in [0.1, 0.15) is 39.5 Å². The number of rotatable bonds is 5. The van der Waals surface area contributed by atoms with Gasteiger partial charge in [0.05, 0.1) is 12.1 Å². The summed E-state index contributed by atoms with van der Waals surface area (Å²) < 4.78 is 0. The molecular formula is C11H20N2O2. The van der Waals surface area contributed by atoms with Crippen molar-refractivity contribution in [1.29, 1.82) is 0 Å². The average molecular weight is 212 g/mol. The molecule has 2 N–H and O–H groups in total. The van der Waals surface area contributed by atoms with E-state index < -0.39 is 0 Å². The molecule has 1 aliphatic heterocycles. The van der Waals surface area contributed by atoms with Crippen LogP contribution >= 0.6 is 0 Å². The van der Waals surface area contributed by atoms with E-state index in [4.69, 9.17) is 0 Å². The molecule has 0 radical (unpaired) electrons. The van der Waals surface area contributed by atoms with Crippen LogP contribution in [0.15, 0.2) is 0 Å². The van der Waals surface area contributed by atoms with Gasteiger partial charge in [-0.1, -0.05) is 13.3 Å². The number of hydrogen-bond acceptors (Lipinski definition) is 3. The van der Waals surface area contributed by atoms with Gasteiger partial charge in [-0.05, 0) is 32.7 Å². The Morgan fingerprint density at radius 2 is 2.27 bits per heavy atom. The zero-order chi connectivity index (χ0) is 11.3. The summed E-state index contributed by atoms with van der Waals surface area (Å²) in [5.41, 5.74) is 0. The van der Waals surface area contributed by atoms with E-state index in [1.165, 1.54) is 6.92 Å². The molecule has 2 atom stereocenters. The predicted octanol–water partition coefficient (Wildman–Crippen LogP) is 0.612. The average Bonchev–Trinajstić information content (AvgIpc) is 2.69. The van der Waals surface area contributed by atoms with Gasteiger partial charge in [-0.15, -0.1) is 0 Å². The van der Waals surface area contributed by atoms with Gasteiger partial charge in [0, 0.05) is 0 Å². The molecule has 0 aromatic carbocycles. The Balaban J connectivity index is 2.42. The van der Waals surface area contributed by atoms with E-state index in [0.29, 0.717) is 0 Å². The molecule has 1 heterocycles. The lowest BCUT2D eigenvalue weighted by Crippen LogP contribution is -2.47. The second-order valence-corrected chi connectivity index (χ2v) is 4.11. The van der Waals surface area contributed by atoms with Crippen LogP contribution in [0, 0.1) is 0 Å². The smallest absolute Gasteiger partial charge is 0.237 e. The van der Waals surface area contributed by atoms with Crippen molar-refractivity contribution < 1.29 is 9.59 Å². The fraction of sp³-hybridized carbons (Fsp3) is 0.818. The highest BCUT2D eigenvalue weighted by atomic mass is 16.2. The Hall–Kier alpha value is -0.900. The van der Waals surface area contributed by atoms with Crippen molar-refractivity contribution in [3.63, 3.8) is 0 Å². The second kappa shape index (κ2) is 5.85. The first-order valence-corrected chi connectivity index (χ1v) is 5.69. The molecule has 1 aliphatic rings. The van der Waals surface area contributed by atoms with Crippen molar-refractivity contribution in [2.24, 2.45) is 0 Å². The molecule has 0 aromatic rings. The van der Waals surface area contributed by atoms with Gasteiger partial charge in [0.2, 0.25) is 5.91 Å². The minimum absolute atomic E-state index is 0.0267. The van der Waals surface area contributed by atoms with Gasteiger partial charge < -0.3 is 10.6 Å². The Bertz CT molecular complexity index is 235. The van der Waals surface area contributed by atoms with E-state index in [1.807, 2.05) is 6.92 Å². The van der Waals surface area contributed by atoms with Crippen molar-refractivity contribution in [1.82, 2.24) is 10.6 Å². The van der Waals surface area contributed by atoms with Crippen molar-refractivity contribution in [3.05, 3.63) is 0 Å². The van der Waals surface area contributed by atoms with Crippen LogP contribution in [0.25, 0.3) is 0 Å². The Labute approximate surface area is 90.8 Å². The predicted molar refractivity (Wildman–Crippen MR) is 58.5 cm³/mol. The summed E-state index contributed by atoms with van der Waals surface area (Å²) >= 11 is 0. The molecule has 4 nitrogen and oxygen atoms in total. The highest BCUT2D eigenvalue weighted by molar-refractivity contribution is 5.89. The SMILES string of the molecule is CCCC(NC(=O)C1CCCN1)C(C)=O. The van der Waals surface area contributed by atoms with E-state index in [-0.39, 0.29) is 23.8 Å². The Morgan fingerprint density at radius 3 is 2.73 bits per heavy atom. The number of nitrogens with one attached hydrogen (secondary N) is 2. The molecule has 0 spiro atoms. The maximum atomic E-state index is 11.7. The molecule has 0 saturated carbocycles. The summed E-state index contributed by atoms with van der Waals surface area (Å²) in [6.45, 7) is 4.44. The normalized spacial score (nSPS) is 22.4. The van der Waals surface area contributed by atoms with Crippen LogP contribution in [0.3, 0.4) is 0 Å². The monoisotopic (exact) mass is 212 g/mol. The molecule has 1 fully saturated rings. The molecule has 0 aliphatic carbocycles. The van der Waals surface area contributed by atoms with Crippen LogP contribution in [0.2, 0.25) is 0 Å². The third-order valence-electron chi connectivity index (χ3n) is 2.76. The minimum Gasteiger partial charge on any atom is -0.345 e. The molecule has 15 heavy (non-hydrogen) atoms. The first-order chi connectivity index (χ1) is 7.15. The fourth-order valence-electron chi connectivity index (χ4n) is 1.85. The maximum Gasteiger partial charge on any atom is 0.237 e. The number of carbonyl (C=O) groups is 2. The van der Waals surface area contributed by atoms with Gasteiger partial charge in [-0.3, -0.25) is 9.59 Å². The van der Waals surface area contributed by atoms with Crippen LogP contribution in [-0.4, -0.2) is 30.3 Å². The van der Waals surface area contributed by atoms with Gasteiger partial charge in [0.1, 0.15) is 0 Å². The number of carbonyl (C=O) groups excluding carboxylic acids is 2. The minimum atomic E-state index is -0.301. The molecule has 0 aromatic heterocycles. The quantitative estimate of drug-likeness (QED) is 0.702. The van der Waals surface area contributed by atoms with Gasteiger partial charge in [0.25, 0.3) is 0 Å². The first kappa shape index (κ1) is 12.2. The van der Waals surface area contributed by atoms with E-state index in [9.17, 15) is 9.59 Å². The molecule has 1 rings (SSSR count). The van der Waals surface area contributed by atoms with E-state index in [2.05, 4.69) is 10.6 Å². The van der Waals surface area contributed by atoms with Crippen molar-refractivity contribution in [2.75, 3.05) is 6.54 Å². The Morgan fingerprint density at radius 1 is 1.53 bits per heavy atom. The zero-order valence-corrected chi connectivity index (χ0v) is 9.51. The molecule has 0 bridgehead atoms. The third-order valence-corrected chi connectivity index (χ3v) is 2.76. The lowest BCUT2D eigenvalue weighted by Gasteiger charge is -2.17. The number of ketones is 1. The number of hydrogen-bond donors (Lipinski definition) is 2. The number of amides is 1. The maximum absolute atomic E-state index is 11.7. The van der Waals surface area contributed by atoms with Crippen molar-refractivity contribution in [2.45, 2.75) is 51.6 Å². The molecule has 1 saturated heterocycles. The summed E-state index contributed by atoms with van der Waals surface area (Å²) in [4.78, 5) is 23.0. The van der Waals surface area contributed by atoms with Gasteiger partial charge in [-0.2, -0.15) is 0 Å². The number of Topliss-reactive ketones (excluding diaryl/α,β-unsaturated/α-hetero) is 1. The molecule has 4 heteroatoms. The molecular weight excluding hydrogens is 192 g/mol. The highest BCUT2D eigenvalue weighted by Crippen LogP contribution is 2.06. The lowest BCUT2D eigenvalue weighted by atomic mass is 10.1. The lowest BCUT2D eigenvalue weighted by molar-refractivity contribution is -0.128. The summed E-state index contributed by atoms with van der Waals surface area (Å²) in [5.74, 6) is 0.0179. The molecule has 1 amide bonds. The summed E-state index contributed by atoms with van der Waals surface area (Å²) in [6.07, 6.45) is 3.55. The molecule has 86 valence electrons. The summed E-state index contributed by atoms with van der Waals surface area (Å²) in [6, 6.07) is -0.395. The third kappa shape index (κ3) is 3.63. The van der Waals surface area contributed by atoms with E-state index in [1.54, 1.807) is 0 Å².